The zero-order chi connectivity index (χ0) is 21.1. The molecule has 2 rings (SSSR count). The van der Waals surface area contributed by atoms with Gasteiger partial charge in [-0.25, -0.2) is 18.4 Å². The molecule has 2 aromatic rings. The molecule has 0 amide bonds. The van der Waals surface area contributed by atoms with Gasteiger partial charge in [0, 0.05) is 31.1 Å². The van der Waals surface area contributed by atoms with Gasteiger partial charge in [-0.1, -0.05) is 30.3 Å². The number of nitrogens with one attached hydrogen (secondary N) is 2. The molecule has 30 heavy (non-hydrogen) atoms. The number of guanidine groups is 1. The molecule has 0 aliphatic heterocycles. The second-order valence-electron chi connectivity index (χ2n) is 6.94. The fourth-order valence-corrected chi connectivity index (χ4v) is 3.33. The molecule has 0 saturated carbocycles. The summed E-state index contributed by atoms with van der Waals surface area (Å²) in [4.78, 5) is 8.84. The van der Waals surface area contributed by atoms with Crippen LogP contribution in [0, 0.1) is 0 Å². The van der Waals surface area contributed by atoms with Crippen LogP contribution in [-0.2, 0) is 23.0 Å². The fourth-order valence-electron chi connectivity index (χ4n) is 2.55. The van der Waals surface area contributed by atoms with Gasteiger partial charge in [-0.15, -0.1) is 24.0 Å². The lowest BCUT2D eigenvalue weighted by Crippen LogP contribution is -2.42. The second kappa shape index (κ2) is 13.4. The maximum Gasteiger partial charge on any atom is 0.213 e. The van der Waals surface area contributed by atoms with Crippen molar-refractivity contribution in [2.75, 3.05) is 18.6 Å². The third kappa shape index (κ3) is 10.8. The van der Waals surface area contributed by atoms with Gasteiger partial charge >= 0.3 is 0 Å². The number of ether oxygens (including phenoxy) is 1. The summed E-state index contributed by atoms with van der Waals surface area (Å²) < 4.78 is 28.5. The first kappa shape index (κ1) is 26.2. The Morgan fingerprint density at radius 3 is 2.60 bits per heavy atom. The van der Waals surface area contributed by atoms with E-state index in [4.69, 9.17) is 4.74 Å². The highest BCUT2D eigenvalue weighted by molar-refractivity contribution is 14.0. The molecule has 2 N–H and O–H groups in total. The van der Waals surface area contributed by atoms with Crippen molar-refractivity contribution in [2.24, 2.45) is 4.99 Å². The molecule has 0 fully saturated rings. The number of sulfone groups is 1. The summed E-state index contributed by atoms with van der Waals surface area (Å²) in [6, 6.07) is 13.7. The molecule has 7 nitrogen and oxygen atoms in total. The number of hydrogen-bond donors (Lipinski definition) is 2. The Balaban J connectivity index is 0.00000450. The number of halogens is 1. The summed E-state index contributed by atoms with van der Waals surface area (Å²) in [5, 5.41) is 6.43. The lowest BCUT2D eigenvalue weighted by molar-refractivity contribution is 0.293. The predicted octanol–water partition coefficient (Wildman–Crippen LogP) is 3.16. The molecule has 1 heterocycles. The quantitative estimate of drug-likeness (QED) is 0.270. The van der Waals surface area contributed by atoms with Crippen molar-refractivity contribution >= 4 is 39.8 Å². The topological polar surface area (TPSA) is 92.7 Å². The van der Waals surface area contributed by atoms with Crippen LogP contribution in [0.1, 0.15) is 31.4 Å². The van der Waals surface area contributed by atoms with E-state index in [1.165, 1.54) is 6.26 Å². The van der Waals surface area contributed by atoms with E-state index in [1.54, 1.807) is 6.20 Å². The molecule has 1 aromatic heterocycles. The zero-order valence-corrected chi connectivity index (χ0v) is 20.8. The maximum absolute atomic E-state index is 11.3. The van der Waals surface area contributed by atoms with Crippen LogP contribution < -0.4 is 15.4 Å². The number of aliphatic imine (C=N–C) groups is 1. The van der Waals surface area contributed by atoms with E-state index in [0.717, 1.165) is 11.1 Å². The number of aromatic nitrogens is 1. The Bertz CT molecular complexity index is 892. The van der Waals surface area contributed by atoms with Gasteiger partial charge < -0.3 is 15.4 Å². The van der Waals surface area contributed by atoms with Gasteiger partial charge in [0.25, 0.3) is 0 Å². The standard InChI is InChI=1S/C21H30N4O3S.HI/c1-4-22-21(25-17(2)11-13-29(3,26)27)24-15-19-10-12-23-20(14-19)28-16-18-8-6-5-7-9-18;/h5-10,12,14,17H,4,11,13,15-16H2,1-3H3,(H2,22,24,25);1H. The summed E-state index contributed by atoms with van der Waals surface area (Å²) >= 11 is 0. The van der Waals surface area contributed by atoms with Crippen LogP contribution in [0.5, 0.6) is 5.88 Å². The van der Waals surface area contributed by atoms with Crippen LogP contribution in [0.2, 0.25) is 0 Å². The average Bonchev–Trinajstić information content (AvgIpc) is 2.70. The number of rotatable bonds is 10. The van der Waals surface area contributed by atoms with E-state index in [2.05, 4.69) is 20.6 Å². The first-order valence-electron chi connectivity index (χ1n) is 9.70. The third-order valence-corrected chi connectivity index (χ3v) is 5.07. The highest BCUT2D eigenvalue weighted by Gasteiger charge is 2.09. The summed E-state index contributed by atoms with van der Waals surface area (Å²) in [6.07, 6.45) is 3.48. The average molecular weight is 546 g/mol. The molecule has 0 bridgehead atoms. The minimum absolute atomic E-state index is 0. The largest absolute Gasteiger partial charge is 0.473 e. The van der Waals surface area contributed by atoms with Crippen LogP contribution in [-0.4, -0.2) is 44.0 Å². The van der Waals surface area contributed by atoms with Gasteiger partial charge in [0.15, 0.2) is 5.96 Å². The summed E-state index contributed by atoms with van der Waals surface area (Å²) in [6.45, 7) is 5.56. The van der Waals surface area contributed by atoms with Gasteiger partial charge in [0.05, 0.1) is 12.3 Å². The highest BCUT2D eigenvalue weighted by Crippen LogP contribution is 2.12. The van der Waals surface area contributed by atoms with Crippen LogP contribution in [0.4, 0.5) is 0 Å². The molecule has 0 spiro atoms. The Kier molecular flexibility index (Phi) is 11.7. The van der Waals surface area contributed by atoms with Crippen molar-refractivity contribution in [3.05, 3.63) is 59.8 Å². The molecule has 166 valence electrons. The highest BCUT2D eigenvalue weighted by atomic mass is 127. The minimum atomic E-state index is -2.97. The van der Waals surface area contributed by atoms with Crippen molar-refractivity contribution in [3.8, 4) is 5.88 Å². The van der Waals surface area contributed by atoms with Gasteiger partial charge in [-0.05, 0) is 37.5 Å². The second-order valence-corrected chi connectivity index (χ2v) is 9.20. The normalized spacial score (nSPS) is 12.6. The number of benzene rings is 1. The van der Waals surface area contributed by atoms with Crippen LogP contribution in [0.15, 0.2) is 53.7 Å². The number of nitrogens with zero attached hydrogens (tertiary/aromatic N) is 2. The third-order valence-electron chi connectivity index (χ3n) is 4.10. The molecule has 0 saturated heterocycles. The Labute approximate surface area is 196 Å². The monoisotopic (exact) mass is 546 g/mol. The maximum atomic E-state index is 11.3. The van der Waals surface area contributed by atoms with Gasteiger partial charge in [0.1, 0.15) is 16.4 Å². The summed E-state index contributed by atoms with van der Waals surface area (Å²) in [7, 11) is -2.97. The molecule has 1 aromatic carbocycles. The number of pyridine rings is 1. The van der Waals surface area contributed by atoms with Gasteiger partial charge in [-0.2, -0.15) is 0 Å². The molecule has 0 aliphatic rings. The molecule has 1 atom stereocenters. The zero-order valence-electron chi connectivity index (χ0n) is 17.7. The summed E-state index contributed by atoms with van der Waals surface area (Å²) in [5.74, 6) is 1.35. The van der Waals surface area contributed by atoms with Gasteiger partial charge in [-0.3, -0.25) is 0 Å². The predicted molar refractivity (Wildman–Crippen MR) is 132 cm³/mol. The molecule has 1 unspecified atom stereocenters. The van der Waals surface area contributed by atoms with Crippen LogP contribution in [0.3, 0.4) is 0 Å². The smallest absolute Gasteiger partial charge is 0.213 e. The van der Waals surface area contributed by atoms with Crippen molar-refractivity contribution in [2.45, 2.75) is 39.5 Å². The Morgan fingerprint density at radius 1 is 1.20 bits per heavy atom. The van der Waals surface area contributed by atoms with Crippen LogP contribution >= 0.6 is 24.0 Å². The molecular formula is C21H31IN4O3S. The molecular weight excluding hydrogens is 515 g/mol. The van der Waals surface area contributed by atoms with E-state index in [0.29, 0.717) is 38.0 Å². The first-order valence-corrected chi connectivity index (χ1v) is 11.8. The minimum Gasteiger partial charge on any atom is -0.473 e. The van der Waals surface area contributed by atoms with Crippen molar-refractivity contribution in [1.29, 1.82) is 0 Å². The number of hydrogen-bond acceptors (Lipinski definition) is 5. The van der Waals surface area contributed by atoms with E-state index in [-0.39, 0.29) is 35.8 Å². The van der Waals surface area contributed by atoms with Crippen LogP contribution in [0.25, 0.3) is 0 Å². The first-order chi connectivity index (χ1) is 13.9. The van der Waals surface area contributed by atoms with Crippen molar-refractivity contribution < 1.29 is 13.2 Å². The van der Waals surface area contributed by atoms with E-state index in [9.17, 15) is 8.42 Å². The Morgan fingerprint density at radius 2 is 1.93 bits per heavy atom. The molecule has 0 radical (unpaired) electrons. The lowest BCUT2D eigenvalue weighted by Gasteiger charge is -2.17. The summed E-state index contributed by atoms with van der Waals surface area (Å²) in [5.41, 5.74) is 2.06. The lowest BCUT2D eigenvalue weighted by atomic mass is 10.2. The fraction of sp³-hybridized carbons (Fsp3) is 0.429. The Hall–Kier alpha value is -1.88. The van der Waals surface area contributed by atoms with E-state index >= 15 is 0 Å². The van der Waals surface area contributed by atoms with E-state index < -0.39 is 9.84 Å². The van der Waals surface area contributed by atoms with Crippen molar-refractivity contribution in [3.63, 3.8) is 0 Å². The van der Waals surface area contributed by atoms with E-state index in [1.807, 2.05) is 56.3 Å². The molecule has 9 heteroatoms. The van der Waals surface area contributed by atoms with Crippen molar-refractivity contribution in [1.82, 2.24) is 15.6 Å². The SMILES string of the molecule is CCNC(=NCc1ccnc(OCc2ccccc2)c1)NC(C)CCS(C)(=O)=O.I. The molecule has 0 aliphatic carbocycles. The van der Waals surface area contributed by atoms with Gasteiger partial charge in [0.2, 0.25) is 5.88 Å².